The Balaban J connectivity index is 1.86. The molecule has 0 fully saturated rings. The van der Waals surface area contributed by atoms with Crippen LogP contribution in [0.15, 0.2) is 53.0 Å². The lowest BCUT2D eigenvalue weighted by Gasteiger charge is -2.38. The Morgan fingerprint density at radius 2 is 1.88 bits per heavy atom. The Kier molecular flexibility index (Phi) is 5.71. The summed E-state index contributed by atoms with van der Waals surface area (Å²) in [6.07, 6.45) is 3.54. The fourth-order valence-corrected chi connectivity index (χ4v) is 4.02. The van der Waals surface area contributed by atoms with Gasteiger partial charge in [-0.2, -0.15) is 0 Å². The summed E-state index contributed by atoms with van der Waals surface area (Å²) in [7, 11) is 0. The van der Waals surface area contributed by atoms with Gasteiger partial charge in [-0.1, -0.05) is 52.3 Å². The maximum atomic E-state index is 13.0. The van der Waals surface area contributed by atoms with E-state index in [4.69, 9.17) is 4.74 Å². The molecule has 2 aromatic carbocycles. The fourth-order valence-electron chi connectivity index (χ4n) is 3.47. The monoisotopic (exact) mass is 415 g/mol. The van der Waals surface area contributed by atoms with Gasteiger partial charge < -0.3 is 4.74 Å². The molecule has 3 nitrogen and oxygen atoms in total. The number of ether oxygens (including phenoxy) is 1. The van der Waals surface area contributed by atoms with Gasteiger partial charge in [0.15, 0.2) is 0 Å². The number of hydrogen-bond donors (Lipinski definition) is 0. The molecule has 1 aliphatic rings. The number of aryl methyl sites for hydroxylation is 1. The van der Waals surface area contributed by atoms with E-state index in [0.29, 0.717) is 0 Å². The summed E-state index contributed by atoms with van der Waals surface area (Å²) in [5.74, 6) is 0. The number of nitrogens with zero attached hydrogens (tertiary/aromatic N) is 1. The number of carbonyl (C=O) groups is 1. The summed E-state index contributed by atoms with van der Waals surface area (Å²) >= 11 is 3.64. The minimum absolute atomic E-state index is 0.145. The minimum atomic E-state index is -0.509. The molecule has 26 heavy (non-hydrogen) atoms. The lowest BCUT2D eigenvalue weighted by atomic mass is 9.92. The van der Waals surface area contributed by atoms with Gasteiger partial charge in [0.1, 0.15) is 5.60 Å². The first-order valence-corrected chi connectivity index (χ1v) is 9.98. The second-order valence-corrected chi connectivity index (χ2v) is 8.66. The number of fused-ring (bicyclic) bond motifs is 1. The van der Waals surface area contributed by atoms with Gasteiger partial charge in [-0.05, 0) is 69.7 Å². The number of anilines is 1. The van der Waals surface area contributed by atoms with Gasteiger partial charge >= 0.3 is 6.09 Å². The van der Waals surface area contributed by atoms with Crippen molar-refractivity contribution in [2.75, 3.05) is 4.90 Å². The number of benzene rings is 2. The zero-order valence-corrected chi connectivity index (χ0v) is 17.3. The average molecular weight is 416 g/mol. The number of halogens is 1. The molecule has 2 aromatic rings. The van der Waals surface area contributed by atoms with Crippen molar-refractivity contribution in [1.29, 1.82) is 0 Å². The van der Waals surface area contributed by atoms with Crippen molar-refractivity contribution in [3.05, 3.63) is 64.1 Å². The Labute approximate surface area is 164 Å². The van der Waals surface area contributed by atoms with E-state index in [-0.39, 0.29) is 12.1 Å². The summed E-state index contributed by atoms with van der Waals surface area (Å²) in [6, 6.07) is 16.6. The average Bonchev–Trinajstić information content (AvgIpc) is 2.59. The lowest BCUT2D eigenvalue weighted by Crippen LogP contribution is -2.46. The van der Waals surface area contributed by atoms with Crippen LogP contribution in [0.4, 0.5) is 10.5 Å². The van der Waals surface area contributed by atoms with Crippen LogP contribution in [0.2, 0.25) is 0 Å². The molecule has 1 atom stereocenters. The van der Waals surface area contributed by atoms with Crippen LogP contribution in [0, 0.1) is 0 Å². The third kappa shape index (κ3) is 4.47. The molecule has 1 aliphatic heterocycles. The molecule has 1 heterocycles. The largest absolute Gasteiger partial charge is 0.443 e. The quantitative estimate of drug-likeness (QED) is 0.602. The van der Waals surface area contributed by atoms with Crippen molar-refractivity contribution in [2.45, 2.75) is 58.1 Å². The van der Waals surface area contributed by atoms with Crippen molar-refractivity contribution in [1.82, 2.24) is 0 Å². The van der Waals surface area contributed by atoms with Crippen LogP contribution in [0.3, 0.4) is 0 Å². The molecular weight excluding hydrogens is 390 g/mol. The third-order valence-corrected chi connectivity index (χ3v) is 5.39. The smallest absolute Gasteiger partial charge is 0.415 e. The first-order valence-electron chi connectivity index (χ1n) is 9.19. The van der Waals surface area contributed by atoms with Crippen LogP contribution >= 0.6 is 15.9 Å². The molecule has 0 spiro atoms. The van der Waals surface area contributed by atoms with E-state index in [9.17, 15) is 4.79 Å². The molecule has 3 rings (SSSR count). The Morgan fingerprint density at radius 3 is 2.58 bits per heavy atom. The summed E-state index contributed by atoms with van der Waals surface area (Å²) < 4.78 is 6.79. The highest BCUT2D eigenvalue weighted by Gasteiger charge is 2.34. The van der Waals surface area contributed by atoms with Gasteiger partial charge in [-0.15, -0.1) is 0 Å². The number of hydrogen-bond acceptors (Lipinski definition) is 2. The van der Waals surface area contributed by atoms with E-state index < -0.39 is 5.60 Å². The van der Waals surface area contributed by atoms with Crippen LogP contribution in [0.1, 0.15) is 44.7 Å². The van der Waals surface area contributed by atoms with Crippen molar-refractivity contribution in [2.24, 2.45) is 0 Å². The molecule has 0 saturated carbocycles. The predicted octanol–water partition coefficient (Wildman–Crippen LogP) is 6.14. The first-order chi connectivity index (χ1) is 12.3. The molecule has 138 valence electrons. The molecule has 0 aromatic heterocycles. The highest BCUT2D eigenvalue weighted by molar-refractivity contribution is 9.10. The molecule has 0 radical (unpaired) electrons. The summed E-state index contributed by atoms with van der Waals surface area (Å²) in [6.45, 7) is 5.74. The minimum Gasteiger partial charge on any atom is -0.443 e. The molecule has 1 amide bonds. The molecule has 0 N–H and O–H groups in total. The topological polar surface area (TPSA) is 29.5 Å². The predicted molar refractivity (Wildman–Crippen MR) is 110 cm³/mol. The van der Waals surface area contributed by atoms with Gasteiger partial charge in [0.2, 0.25) is 0 Å². The van der Waals surface area contributed by atoms with E-state index in [2.05, 4.69) is 40.2 Å². The Morgan fingerprint density at radius 1 is 1.15 bits per heavy atom. The van der Waals surface area contributed by atoms with Gasteiger partial charge in [0.25, 0.3) is 0 Å². The van der Waals surface area contributed by atoms with E-state index in [1.54, 1.807) is 0 Å². The second-order valence-electron chi connectivity index (χ2n) is 7.80. The molecule has 0 saturated heterocycles. The standard InChI is InChI=1S/C22H26BrNO2/c1-22(2,3)26-21(25)24-17(13-12-16-8-5-4-6-9-16)14-15-18-19(23)10-7-11-20(18)24/h4-11,17H,12-15H2,1-3H3. The van der Waals surface area contributed by atoms with Crippen LogP contribution < -0.4 is 4.90 Å². The fraction of sp³-hybridized carbons (Fsp3) is 0.409. The second kappa shape index (κ2) is 7.83. The molecule has 1 unspecified atom stereocenters. The first kappa shape index (κ1) is 19.0. The number of carbonyl (C=O) groups excluding carboxylic acids is 1. The highest BCUT2D eigenvalue weighted by Crippen LogP contribution is 2.37. The number of amides is 1. The van der Waals surface area contributed by atoms with Crippen molar-refractivity contribution >= 4 is 27.7 Å². The number of rotatable bonds is 3. The van der Waals surface area contributed by atoms with Crippen LogP contribution in [-0.2, 0) is 17.6 Å². The maximum absolute atomic E-state index is 13.0. The van der Waals surface area contributed by atoms with Crippen molar-refractivity contribution < 1.29 is 9.53 Å². The third-order valence-electron chi connectivity index (χ3n) is 4.65. The van der Waals surface area contributed by atoms with Gasteiger partial charge in [-0.3, -0.25) is 4.90 Å². The Hall–Kier alpha value is -1.81. The Bertz CT molecular complexity index is 767. The van der Waals surface area contributed by atoms with Crippen molar-refractivity contribution in [3.63, 3.8) is 0 Å². The lowest BCUT2D eigenvalue weighted by molar-refractivity contribution is 0.0558. The molecular formula is C22H26BrNO2. The summed E-state index contributed by atoms with van der Waals surface area (Å²) in [5, 5.41) is 0. The van der Waals surface area contributed by atoms with Crippen molar-refractivity contribution in [3.8, 4) is 0 Å². The molecule has 4 heteroatoms. The summed E-state index contributed by atoms with van der Waals surface area (Å²) in [4.78, 5) is 14.9. The zero-order chi connectivity index (χ0) is 18.7. The maximum Gasteiger partial charge on any atom is 0.415 e. The summed E-state index contributed by atoms with van der Waals surface area (Å²) in [5.41, 5.74) is 2.95. The van der Waals surface area contributed by atoms with E-state index in [1.165, 1.54) is 11.1 Å². The van der Waals surface area contributed by atoms with E-state index >= 15 is 0 Å². The van der Waals surface area contributed by atoms with Crippen LogP contribution in [-0.4, -0.2) is 17.7 Å². The van der Waals surface area contributed by atoms with E-state index in [1.807, 2.05) is 49.9 Å². The van der Waals surface area contributed by atoms with E-state index in [0.717, 1.165) is 35.8 Å². The van der Waals surface area contributed by atoms with Gasteiger partial charge in [0.05, 0.1) is 5.69 Å². The van der Waals surface area contributed by atoms with Crippen LogP contribution in [0.5, 0.6) is 0 Å². The normalized spacial score (nSPS) is 16.9. The SMILES string of the molecule is CC(C)(C)OC(=O)N1c2cccc(Br)c2CCC1CCc1ccccc1. The van der Waals surface area contributed by atoms with Crippen LogP contribution in [0.25, 0.3) is 0 Å². The van der Waals surface area contributed by atoms with Gasteiger partial charge in [-0.25, -0.2) is 4.79 Å². The molecule has 0 bridgehead atoms. The zero-order valence-electron chi connectivity index (χ0n) is 15.7. The highest BCUT2D eigenvalue weighted by atomic mass is 79.9. The van der Waals surface area contributed by atoms with Gasteiger partial charge in [0, 0.05) is 10.5 Å². The molecule has 0 aliphatic carbocycles.